The number of carbonyl (C=O) groups is 3. The molecule has 0 bridgehead atoms. The standard InChI is InChI=1S/C36H59NO9/c1-4-6-8-11-14-17-29(38)18-15-12-9-10-13-16-19-31(36(44,35(42)43)24-26-45-3)33(39)37-32(34(40)41)27-28-20-22-30(23-21-28)46-25-7-5-2/h16,19-23,29,31-32,38,44H,4-15,17-18,24-27H2,1-3H3,(H,37,39)(H,40,41)(H,42,43)/t29?,31-,32+,36+/m1/s1. The third kappa shape index (κ3) is 16.6. The summed E-state index contributed by atoms with van der Waals surface area (Å²) in [5.41, 5.74) is -1.85. The Labute approximate surface area is 275 Å². The minimum atomic E-state index is -2.50. The fourth-order valence-corrected chi connectivity index (χ4v) is 5.23. The number of amides is 1. The van der Waals surface area contributed by atoms with Crippen LogP contribution in [0.15, 0.2) is 36.4 Å². The van der Waals surface area contributed by atoms with Gasteiger partial charge in [-0.15, -0.1) is 0 Å². The largest absolute Gasteiger partial charge is 0.494 e. The molecule has 1 amide bonds. The highest BCUT2D eigenvalue weighted by Gasteiger charge is 2.47. The molecule has 0 saturated heterocycles. The van der Waals surface area contributed by atoms with E-state index in [2.05, 4.69) is 19.2 Å². The van der Waals surface area contributed by atoms with E-state index in [1.165, 1.54) is 38.9 Å². The zero-order valence-electron chi connectivity index (χ0n) is 28.3. The van der Waals surface area contributed by atoms with Gasteiger partial charge in [-0.2, -0.15) is 0 Å². The lowest BCUT2D eigenvalue weighted by atomic mass is 9.83. The number of carbonyl (C=O) groups excluding carboxylic acids is 1. The van der Waals surface area contributed by atoms with Crippen molar-refractivity contribution in [3.8, 4) is 5.75 Å². The van der Waals surface area contributed by atoms with Crippen LogP contribution in [0.2, 0.25) is 0 Å². The van der Waals surface area contributed by atoms with E-state index in [-0.39, 0.29) is 25.6 Å². The Hall–Kier alpha value is -2.95. The Morgan fingerprint density at radius 3 is 2.04 bits per heavy atom. The molecule has 10 heteroatoms. The van der Waals surface area contributed by atoms with Crippen LogP contribution in [-0.2, 0) is 25.5 Å². The van der Waals surface area contributed by atoms with Crippen LogP contribution < -0.4 is 10.1 Å². The van der Waals surface area contributed by atoms with Crippen molar-refractivity contribution in [1.29, 1.82) is 0 Å². The van der Waals surface area contributed by atoms with Gasteiger partial charge in [0.1, 0.15) is 11.8 Å². The maximum atomic E-state index is 13.4. The SMILES string of the molecule is CCCCCCCC(O)CCCCCCC=C[C@H](C(=O)N[C@@H](Cc1ccc(OCCCC)cc1)C(=O)O)[C@@](O)(CCOC)C(=O)O. The molecule has 0 aliphatic heterocycles. The van der Waals surface area contributed by atoms with E-state index in [1.807, 2.05) is 0 Å². The fraction of sp³-hybridized carbons (Fsp3) is 0.694. The second-order valence-corrected chi connectivity index (χ2v) is 12.2. The lowest BCUT2D eigenvalue weighted by Crippen LogP contribution is -2.55. The maximum Gasteiger partial charge on any atom is 0.336 e. The first-order valence-electron chi connectivity index (χ1n) is 17.1. The van der Waals surface area contributed by atoms with Crippen molar-refractivity contribution >= 4 is 17.8 Å². The second-order valence-electron chi connectivity index (χ2n) is 12.2. The quantitative estimate of drug-likeness (QED) is 0.0536. The molecule has 0 radical (unpaired) electrons. The second kappa shape index (κ2) is 24.3. The van der Waals surface area contributed by atoms with Crippen molar-refractivity contribution in [2.45, 2.75) is 134 Å². The van der Waals surface area contributed by atoms with Gasteiger partial charge < -0.3 is 35.2 Å². The topological polar surface area (TPSA) is 163 Å². The van der Waals surface area contributed by atoms with E-state index in [4.69, 9.17) is 9.47 Å². The molecule has 0 heterocycles. The minimum absolute atomic E-state index is 0.0378. The molecule has 46 heavy (non-hydrogen) atoms. The Balaban J connectivity index is 2.79. The van der Waals surface area contributed by atoms with Gasteiger partial charge in [-0.25, -0.2) is 9.59 Å². The summed E-state index contributed by atoms with van der Waals surface area (Å²) in [7, 11) is 1.36. The maximum absolute atomic E-state index is 13.4. The molecule has 0 aromatic heterocycles. The van der Waals surface area contributed by atoms with Gasteiger partial charge in [-0.05, 0) is 49.8 Å². The number of nitrogens with one attached hydrogen (secondary N) is 1. The Morgan fingerprint density at radius 2 is 1.48 bits per heavy atom. The number of ether oxygens (including phenoxy) is 2. The molecule has 0 fully saturated rings. The predicted molar refractivity (Wildman–Crippen MR) is 179 cm³/mol. The van der Waals surface area contributed by atoms with E-state index in [1.54, 1.807) is 30.3 Å². The zero-order valence-corrected chi connectivity index (χ0v) is 28.3. The van der Waals surface area contributed by atoms with Crippen LogP contribution in [0.4, 0.5) is 0 Å². The number of allylic oxidation sites excluding steroid dienone is 1. The summed E-state index contributed by atoms with van der Waals surface area (Å²) in [6.07, 6.45) is 15.9. The van der Waals surface area contributed by atoms with Crippen LogP contribution in [0.25, 0.3) is 0 Å². The third-order valence-corrected chi connectivity index (χ3v) is 8.23. The molecule has 262 valence electrons. The van der Waals surface area contributed by atoms with Crippen LogP contribution in [0, 0.1) is 5.92 Å². The van der Waals surface area contributed by atoms with Crippen molar-refractivity contribution in [2.24, 2.45) is 5.92 Å². The first-order valence-corrected chi connectivity index (χ1v) is 17.1. The van der Waals surface area contributed by atoms with Gasteiger partial charge in [0.15, 0.2) is 5.60 Å². The van der Waals surface area contributed by atoms with Crippen molar-refractivity contribution in [1.82, 2.24) is 5.32 Å². The zero-order chi connectivity index (χ0) is 34.2. The monoisotopic (exact) mass is 649 g/mol. The molecule has 0 spiro atoms. The summed E-state index contributed by atoms with van der Waals surface area (Å²) in [6, 6.07) is 5.58. The van der Waals surface area contributed by atoms with Crippen LogP contribution in [0.1, 0.15) is 116 Å². The molecule has 5 N–H and O–H groups in total. The predicted octanol–water partition coefficient (Wildman–Crippen LogP) is 6.06. The summed E-state index contributed by atoms with van der Waals surface area (Å²) in [6.45, 7) is 4.72. The van der Waals surface area contributed by atoms with Crippen molar-refractivity contribution in [2.75, 3.05) is 20.3 Å². The highest BCUT2D eigenvalue weighted by molar-refractivity contribution is 5.92. The number of carboxylic acids is 2. The Morgan fingerprint density at radius 1 is 0.870 bits per heavy atom. The molecule has 1 aromatic rings. The van der Waals surface area contributed by atoms with E-state index in [9.17, 15) is 34.8 Å². The smallest absolute Gasteiger partial charge is 0.336 e. The third-order valence-electron chi connectivity index (χ3n) is 8.23. The van der Waals surface area contributed by atoms with Gasteiger partial charge in [0.2, 0.25) is 5.91 Å². The van der Waals surface area contributed by atoms with Gasteiger partial charge in [0.05, 0.1) is 18.6 Å². The molecule has 1 unspecified atom stereocenters. The first kappa shape index (κ1) is 41.1. The van der Waals surface area contributed by atoms with Gasteiger partial charge in [0, 0.05) is 26.6 Å². The molecule has 1 rings (SSSR count). The molecule has 0 saturated carbocycles. The average molecular weight is 650 g/mol. The van der Waals surface area contributed by atoms with Gasteiger partial charge >= 0.3 is 11.9 Å². The average Bonchev–Trinajstić information content (AvgIpc) is 3.03. The summed E-state index contributed by atoms with van der Waals surface area (Å²) in [5, 5.41) is 43.6. The molecular weight excluding hydrogens is 590 g/mol. The Bertz CT molecular complexity index is 1010. The minimum Gasteiger partial charge on any atom is -0.494 e. The van der Waals surface area contributed by atoms with E-state index >= 15 is 0 Å². The summed E-state index contributed by atoms with van der Waals surface area (Å²) >= 11 is 0. The highest BCUT2D eigenvalue weighted by Crippen LogP contribution is 2.26. The number of benzene rings is 1. The van der Waals surface area contributed by atoms with E-state index in [0.29, 0.717) is 24.3 Å². The number of rotatable bonds is 28. The van der Waals surface area contributed by atoms with Gasteiger partial charge in [-0.1, -0.05) is 95.9 Å². The van der Waals surface area contributed by atoms with Crippen molar-refractivity contribution < 1.29 is 44.3 Å². The number of methoxy groups -OCH3 is 1. The van der Waals surface area contributed by atoms with Gasteiger partial charge in [0.25, 0.3) is 0 Å². The van der Waals surface area contributed by atoms with Gasteiger partial charge in [-0.3, -0.25) is 4.79 Å². The highest BCUT2D eigenvalue weighted by atomic mass is 16.5. The molecule has 1 aromatic carbocycles. The lowest BCUT2D eigenvalue weighted by molar-refractivity contribution is -0.168. The number of aliphatic hydroxyl groups excluding tert-OH is 1. The molecule has 10 nitrogen and oxygen atoms in total. The van der Waals surface area contributed by atoms with Crippen LogP contribution >= 0.6 is 0 Å². The molecular formula is C36H59NO9. The summed E-state index contributed by atoms with van der Waals surface area (Å²) in [5.74, 6) is -4.65. The van der Waals surface area contributed by atoms with Crippen molar-refractivity contribution in [3.05, 3.63) is 42.0 Å². The van der Waals surface area contributed by atoms with E-state index in [0.717, 1.165) is 57.8 Å². The lowest BCUT2D eigenvalue weighted by Gasteiger charge is -2.30. The molecule has 4 atom stereocenters. The molecule has 0 aliphatic rings. The number of hydrogen-bond donors (Lipinski definition) is 5. The number of aliphatic carboxylic acids is 2. The van der Waals surface area contributed by atoms with Crippen LogP contribution in [-0.4, -0.2) is 76.3 Å². The summed E-state index contributed by atoms with van der Waals surface area (Å²) in [4.78, 5) is 37.7. The van der Waals surface area contributed by atoms with Crippen molar-refractivity contribution in [3.63, 3.8) is 0 Å². The Kier molecular flexibility index (Phi) is 21.7. The molecule has 0 aliphatic carbocycles. The van der Waals surface area contributed by atoms with E-state index < -0.39 is 35.4 Å². The normalized spacial score (nSPS) is 14.8. The number of unbranched alkanes of at least 4 members (excludes halogenated alkanes) is 9. The fourth-order valence-electron chi connectivity index (χ4n) is 5.23. The number of aliphatic hydroxyl groups is 2. The van der Waals surface area contributed by atoms with Crippen LogP contribution in [0.3, 0.4) is 0 Å². The summed E-state index contributed by atoms with van der Waals surface area (Å²) < 4.78 is 10.6. The number of hydrogen-bond acceptors (Lipinski definition) is 7. The number of carboxylic acid groups (broad SMARTS) is 2. The van der Waals surface area contributed by atoms with Crippen LogP contribution in [0.5, 0.6) is 5.75 Å². The first-order chi connectivity index (χ1) is 22.1.